The molecule has 1 aliphatic heterocycles. The van der Waals surface area contributed by atoms with Crippen molar-refractivity contribution in [2.75, 3.05) is 13.1 Å². The normalized spacial score (nSPS) is 23.8. The van der Waals surface area contributed by atoms with Crippen LogP contribution in [0.4, 0.5) is 9.18 Å². The third-order valence-electron chi connectivity index (χ3n) is 2.85. The second-order valence-electron chi connectivity index (χ2n) is 4.14. The molecule has 4 nitrogen and oxygen atoms in total. The molecular weight excluding hydrogens is 352 g/mol. The standard InChI is InChI=1S/C12H13FINO3/c13-10-7-15(12(16)17)6-5-11(10)18-9-3-1-8(14)2-4-9/h1-4,10-11H,5-7H2,(H,16,17). The third-order valence-corrected chi connectivity index (χ3v) is 3.57. The molecular formula is C12H13FINO3. The summed E-state index contributed by atoms with van der Waals surface area (Å²) in [7, 11) is 0. The number of ether oxygens (including phenoxy) is 1. The smallest absolute Gasteiger partial charge is 0.407 e. The van der Waals surface area contributed by atoms with Crippen molar-refractivity contribution in [3.63, 3.8) is 0 Å². The number of carbonyl (C=O) groups is 1. The van der Waals surface area contributed by atoms with Crippen molar-refractivity contribution in [3.8, 4) is 5.75 Å². The van der Waals surface area contributed by atoms with Crippen LogP contribution in [0.3, 0.4) is 0 Å². The second kappa shape index (κ2) is 5.73. The minimum atomic E-state index is -1.28. The van der Waals surface area contributed by atoms with Gasteiger partial charge in [0.1, 0.15) is 11.9 Å². The number of hydrogen-bond acceptors (Lipinski definition) is 2. The monoisotopic (exact) mass is 365 g/mol. The molecule has 1 aromatic carbocycles. The molecule has 98 valence electrons. The van der Waals surface area contributed by atoms with Crippen LogP contribution in [0.1, 0.15) is 6.42 Å². The molecule has 18 heavy (non-hydrogen) atoms. The lowest BCUT2D eigenvalue weighted by Crippen LogP contribution is -2.48. The van der Waals surface area contributed by atoms with Gasteiger partial charge in [-0.15, -0.1) is 0 Å². The molecule has 1 aliphatic rings. The van der Waals surface area contributed by atoms with E-state index in [1.807, 2.05) is 12.1 Å². The molecule has 0 aliphatic carbocycles. The Morgan fingerprint density at radius 3 is 2.67 bits per heavy atom. The Balaban J connectivity index is 1.95. The van der Waals surface area contributed by atoms with Crippen LogP contribution >= 0.6 is 22.6 Å². The zero-order chi connectivity index (χ0) is 13.1. The van der Waals surface area contributed by atoms with Gasteiger partial charge in [-0.3, -0.25) is 0 Å². The Bertz CT molecular complexity index is 426. The van der Waals surface area contributed by atoms with Crippen LogP contribution in [0.25, 0.3) is 0 Å². The van der Waals surface area contributed by atoms with E-state index in [1.165, 1.54) is 0 Å². The van der Waals surface area contributed by atoms with Crippen molar-refractivity contribution >= 4 is 28.7 Å². The topological polar surface area (TPSA) is 49.8 Å². The van der Waals surface area contributed by atoms with Crippen molar-refractivity contribution in [1.29, 1.82) is 0 Å². The summed E-state index contributed by atoms with van der Waals surface area (Å²) in [5, 5.41) is 8.78. The van der Waals surface area contributed by atoms with E-state index >= 15 is 0 Å². The summed E-state index contributed by atoms with van der Waals surface area (Å²) in [5.74, 6) is 0.617. The van der Waals surface area contributed by atoms with Gasteiger partial charge in [0.2, 0.25) is 0 Å². The highest BCUT2D eigenvalue weighted by Gasteiger charge is 2.32. The number of piperidine rings is 1. The van der Waals surface area contributed by atoms with E-state index in [9.17, 15) is 9.18 Å². The maximum Gasteiger partial charge on any atom is 0.407 e. The van der Waals surface area contributed by atoms with Gasteiger partial charge in [-0.05, 0) is 46.9 Å². The van der Waals surface area contributed by atoms with E-state index in [0.29, 0.717) is 18.7 Å². The highest BCUT2D eigenvalue weighted by Crippen LogP contribution is 2.22. The molecule has 2 unspecified atom stereocenters. The van der Waals surface area contributed by atoms with Crippen molar-refractivity contribution < 1.29 is 19.0 Å². The van der Waals surface area contributed by atoms with Crippen LogP contribution in [-0.2, 0) is 0 Å². The molecule has 1 saturated heterocycles. The zero-order valence-electron chi connectivity index (χ0n) is 9.55. The van der Waals surface area contributed by atoms with E-state index < -0.39 is 18.4 Å². The molecule has 0 saturated carbocycles. The molecule has 6 heteroatoms. The summed E-state index contributed by atoms with van der Waals surface area (Å²) in [6, 6.07) is 7.35. The van der Waals surface area contributed by atoms with Crippen LogP contribution in [0.5, 0.6) is 5.75 Å². The van der Waals surface area contributed by atoms with Gasteiger partial charge in [-0.1, -0.05) is 0 Å². The van der Waals surface area contributed by atoms with Crippen LogP contribution < -0.4 is 4.74 Å². The number of nitrogens with zero attached hydrogens (tertiary/aromatic N) is 1. The first-order valence-corrected chi connectivity index (χ1v) is 6.68. The predicted molar refractivity (Wildman–Crippen MR) is 72.7 cm³/mol. The van der Waals surface area contributed by atoms with E-state index in [0.717, 1.165) is 8.47 Å². The number of alkyl halides is 1. The van der Waals surface area contributed by atoms with Crippen LogP contribution in [0.2, 0.25) is 0 Å². The molecule has 2 atom stereocenters. The highest BCUT2D eigenvalue weighted by molar-refractivity contribution is 14.1. The maximum atomic E-state index is 13.8. The average molecular weight is 365 g/mol. The number of rotatable bonds is 2. The summed E-state index contributed by atoms with van der Waals surface area (Å²) < 4.78 is 20.4. The molecule has 0 bridgehead atoms. The Labute approximate surface area is 118 Å². The first kappa shape index (κ1) is 13.4. The van der Waals surface area contributed by atoms with Gasteiger partial charge in [-0.2, -0.15) is 0 Å². The molecule has 1 N–H and O–H groups in total. The molecule has 2 rings (SSSR count). The maximum absolute atomic E-state index is 13.8. The quantitative estimate of drug-likeness (QED) is 0.821. The van der Waals surface area contributed by atoms with Gasteiger partial charge in [-0.25, -0.2) is 9.18 Å². The highest BCUT2D eigenvalue weighted by atomic mass is 127. The lowest BCUT2D eigenvalue weighted by molar-refractivity contribution is 0.0249. The number of likely N-dealkylation sites (tertiary alicyclic amines) is 1. The largest absolute Gasteiger partial charge is 0.487 e. The fourth-order valence-corrected chi connectivity index (χ4v) is 2.24. The zero-order valence-corrected chi connectivity index (χ0v) is 11.7. The Kier molecular flexibility index (Phi) is 4.26. The van der Waals surface area contributed by atoms with Gasteiger partial charge < -0.3 is 14.7 Å². The fourth-order valence-electron chi connectivity index (χ4n) is 1.88. The molecule has 0 spiro atoms. The average Bonchev–Trinajstić information content (AvgIpc) is 2.34. The van der Waals surface area contributed by atoms with Gasteiger partial charge in [0, 0.05) is 16.5 Å². The first-order chi connectivity index (χ1) is 8.56. The summed E-state index contributed by atoms with van der Waals surface area (Å²) >= 11 is 2.18. The third kappa shape index (κ3) is 3.24. The van der Waals surface area contributed by atoms with E-state index in [1.54, 1.807) is 12.1 Å². The Hall–Kier alpha value is -1.05. The Morgan fingerprint density at radius 1 is 1.44 bits per heavy atom. The van der Waals surface area contributed by atoms with Crippen molar-refractivity contribution in [2.24, 2.45) is 0 Å². The lowest BCUT2D eigenvalue weighted by Gasteiger charge is -2.33. The van der Waals surface area contributed by atoms with Crippen molar-refractivity contribution in [3.05, 3.63) is 27.8 Å². The van der Waals surface area contributed by atoms with Gasteiger partial charge in [0.15, 0.2) is 6.17 Å². The molecule has 1 fully saturated rings. The summed E-state index contributed by atoms with van der Waals surface area (Å²) in [4.78, 5) is 11.8. The molecule has 0 radical (unpaired) electrons. The van der Waals surface area contributed by atoms with Crippen LogP contribution in [0.15, 0.2) is 24.3 Å². The number of hydrogen-bond donors (Lipinski definition) is 1. The van der Waals surface area contributed by atoms with Gasteiger partial charge in [0.25, 0.3) is 0 Å². The predicted octanol–water partition coefficient (Wildman–Crippen LogP) is 2.76. The summed E-state index contributed by atoms with van der Waals surface area (Å²) in [6.07, 6.45) is -2.56. The number of amides is 1. The lowest BCUT2D eigenvalue weighted by atomic mass is 10.1. The van der Waals surface area contributed by atoms with Crippen LogP contribution in [0, 0.1) is 3.57 Å². The molecule has 0 aromatic heterocycles. The van der Waals surface area contributed by atoms with Crippen LogP contribution in [-0.4, -0.2) is 41.5 Å². The first-order valence-electron chi connectivity index (χ1n) is 5.60. The summed E-state index contributed by atoms with van der Waals surface area (Å²) in [6.45, 7) is 0.190. The minimum Gasteiger partial charge on any atom is -0.487 e. The number of carboxylic acid groups (broad SMARTS) is 1. The minimum absolute atomic E-state index is 0.121. The number of halogens is 2. The van der Waals surface area contributed by atoms with E-state index in [4.69, 9.17) is 9.84 Å². The second-order valence-corrected chi connectivity index (χ2v) is 5.39. The van der Waals surface area contributed by atoms with E-state index in [-0.39, 0.29) is 6.54 Å². The van der Waals surface area contributed by atoms with Gasteiger partial charge in [0.05, 0.1) is 6.54 Å². The SMILES string of the molecule is O=C(O)N1CCC(Oc2ccc(I)cc2)C(F)C1. The molecule has 1 aromatic rings. The molecule has 1 heterocycles. The van der Waals surface area contributed by atoms with Crippen molar-refractivity contribution in [1.82, 2.24) is 4.90 Å². The molecule has 1 amide bonds. The Morgan fingerprint density at radius 2 is 2.11 bits per heavy atom. The van der Waals surface area contributed by atoms with Gasteiger partial charge >= 0.3 is 6.09 Å². The summed E-state index contributed by atoms with van der Waals surface area (Å²) in [5.41, 5.74) is 0. The fraction of sp³-hybridized carbons (Fsp3) is 0.417. The number of benzene rings is 1. The van der Waals surface area contributed by atoms with E-state index in [2.05, 4.69) is 22.6 Å². The van der Waals surface area contributed by atoms with Crippen molar-refractivity contribution in [2.45, 2.75) is 18.7 Å².